The number of hydrogen-bond acceptors (Lipinski definition) is 11. The molecule has 2 aromatic rings. The molecule has 3 heterocycles. The first-order chi connectivity index (χ1) is 23.3. The highest BCUT2D eigenvalue weighted by atomic mass is 16.6. The van der Waals surface area contributed by atoms with E-state index < -0.39 is 59.7 Å². The smallest absolute Gasteiger partial charge is 0.408 e. The van der Waals surface area contributed by atoms with E-state index in [0.717, 1.165) is 19.3 Å². The molecule has 0 unspecified atom stereocenters. The van der Waals surface area contributed by atoms with E-state index in [4.69, 9.17) is 23.7 Å². The van der Waals surface area contributed by atoms with Crippen molar-refractivity contribution in [1.29, 1.82) is 0 Å². The normalized spacial score (nSPS) is 22.9. The number of nitrogens with zero attached hydrogens (tertiary/aromatic N) is 2. The molecular formula is C35H46N4O10. The number of carbonyl (C=O) groups excluding carboxylic acids is 5. The van der Waals surface area contributed by atoms with Crippen LogP contribution in [-0.4, -0.2) is 97.4 Å². The third-order valence-corrected chi connectivity index (χ3v) is 8.21. The van der Waals surface area contributed by atoms with Gasteiger partial charge in [0.25, 0.3) is 0 Å². The molecule has 14 heteroatoms. The summed E-state index contributed by atoms with van der Waals surface area (Å²) in [6.07, 6.45) is 5.91. The van der Waals surface area contributed by atoms with Crippen LogP contribution in [0.4, 0.5) is 4.79 Å². The maximum Gasteiger partial charge on any atom is 0.408 e. The summed E-state index contributed by atoms with van der Waals surface area (Å²) in [4.78, 5) is 72.0. The molecule has 0 radical (unpaired) electrons. The topological polar surface area (TPSA) is 172 Å². The van der Waals surface area contributed by atoms with Crippen molar-refractivity contribution >= 4 is 40.7 Å². The number of alkyl carbamates (subject to hydrolysis) is 1. The number of rotatable bonds is 6. The summed E-state index contributed by atoms with van der Waals surface area (Å²) in [6.45, 7) is 5.15. The van der Waals surface area contributed by atoms with E-state index in [9.17, 15) is 24.0 Å². The molecule has 1 aromatic carbocycles. The van der Waals surface area contributed by atoms with Gasteiger partial charge in [-0.3, -0.25) is 9.59 Å². The predicted molar refractivity (Wildman–Crippen MR) is 178 cm³/mol. The number of ether oxygens (including phenoxy) is 5. The van der Waals surface area contributed by atoms with Crippen molar-refractivity contribution in [2.24, 2.45) is 0 Å². The Balaban J connectivity index is 1.71. The number of pyridine rings is 1. The van der Waals surface area contributed by atoms with Crippen LogP contribution in [0, 0.1) is 0 Å². The van der Waals surface area contributed by atoms with Gasteiger partial charge in [-0.15, -0.1) is 0 Å². The average molecular weight is 683 g/mol. The number of aromatic nitrogens is 1. The number of fused-ring (bicyclic) bond motifs is 2. The molecular weight excluding hydrogens is 636 g/mol. The first-order valence-electron chi connectivity index (χ1n) is 16.4. The minimum Gasteiger partial charge on any atom is -0.497 e. The fourth-order valence-corrected chi connectivity index (χ4v) is 5.83. The maximum absolute atomic E-state index is 14.3. The van der Waals surface area contributed by atoms with Gasteiger partial charge in [-0.25, -0.2) is 19.4 Å². The molecule has 14 nitrogen and oxygen atoms in total. The zero-order chi connectivity index (χ0) is 35.7. The Hall–Kier alpha value is -4.88. The molecule has 2 aliphatic heterocycles. The van der Waals surface area contributed by atoms with Crippen molar-refractivity contribution in [3.8, 4) is 11.5 Å². The van der Waals surface area contributed by atoms with Crippen molar-refractivity contribution < 1.29 is 47.7 Å². The number of hydrogen-bond donors (Lipinski definition) is 2. The van der Waals surface area contributed by atoms with Crippen LogP contribution >= 0.6 is 0 Å². The van der Waals surface area contributed by atoms with Gasteiger partial charge >= 0.3 is 18.0 Å². The van der Waals surface area contributed by atoms with Gasteiger partial charge < -0.3 is 39.2 Å². The molecule has 4 atom stereocenters. The van der Waals surface area contributed by atoms with Gasteiger partial charge in [-0.1, -0.05) is 25.0 Å². The number of benzene rings is 1. The van der Waals surface area contributed by atoms with Gasteiger partial charge in [0, 0.05) is 23.9 Å². The molecule has 0 saturated carbocycles. The zero-order valence-corrected chi connectivity index (χ0v) is 28.9. The Morgan fingerprint density at radius 1 is 1.00 bits per heavy atom. The summed E-state index contributed by atoms with van der Waals surface area (Å²) in [5.74, 6) is -1.56. The third-order valence-electron chi connectivity index (χ3n) is 8.21. The van der Waals surface area contributed by atoms with Crippen LogP contribution in [-0.2, 0) is 28.6 Å². The van der Waals surface area contributed by atoms with Crippen LogP contribution in [0.25, 0.3) is 10.9 Å². The Morgan fingerprint density at radius 2 is 1.78 bits per heavy atom. The van der Waals surface area contributed by atoms with Crippen LogP contribution in [0.1, 0.15) is 76.2 Å². The van der Waals surface area contributed by atoms with Crippen LogP contribution in [0.5, 0.6) is 11.5 Å². The number of nitrogens with one attached hydrogen (secondary N) is 2. The van der Waals surface area contributed by atoms with Crippen LogP contribution in [0.3, 0.4) is 0 Å². The number of esters is 2. The van der Waals surface area contributed by atoms with Crippen LogP contribution in [0.2, 0.25) is 0 Å². The monoisotopic (exact) mass is 682 g/mol. The Morgan fingerprint density at radius 3 is 2.47 bits per heavy atom. The van der Waals surface area contributed by atoms with Gasteiger partial charge in [-0.05, 0) is 58.6 Å². The van der Waals surface area contributed by atoms with Crippen molar-refractivity contribution in [3.05, 3.63) is 42.1 Å². The summed E-state index contributed by atoms with van der Waals surface area (Å²) in [7, 11) is 4.00. The van der Waals surface area contributed by atoms with E-state index in [-0.39, 0.29) is 30.8 Å². The van der Waals surface area contributed by atoms with E-state index >= 15 is 0 Å². The highest BCUT2D eigenvalue weighted by Crippen LogP contribution is 2.32. The van der Waals surface area contributed by atoms with Crippen LogP contribution in [0.15, 0.2) is 36.4 Å². The van der Waals surface area contributed by atoms with Crippen LogP contribution < -0.4 is 20.1 Å². The molecule has 4 rings (SSSR count). The molecule has 2 aliphatic rings. The second-order valence-corrected chi connectivity index (χ2v) is 13.0. The molecule has 0 aliphatic carbocycles. The van der Waals surface area contributed by atoms with E-state index in [0.29, 0.717) is 29.5 Å². The molecule has 1 fully saturated rings. The SMILES string of the molecule is COC(=O)c1cc(O[C@@H]2C[C@H]3C(=O)N[C@H](C(=O)OC)C/C=C\CCCCC[C@H](NC(=O)OC(C)(C)C)C(=O)N3C2)c2ccc(OC)cc2n1. The largest absolute Gasteiger partial charge is 0.497 e. The molecule has 49 heavy (non-hydrogen) atoms. The van der Waals surface area contributed by atoms with E-state index in [1.807, 2.05) is 12.2 Å². The highest BCUT2D eigenvalue weighted by Gasteiger charge is 2.44. The average Bonchev–Trinajstić information content (AvgIpc) is 3.49. The fourth-order valence-electron chi connectivity index (χ4n) is 5.83. The number of allylic oxidation sites excluding steroid dienone is 1. The van der Waals surface area contributed by atoms with E-state index in [1.54, 1.807) is 39.0 Å². The first kappa shape index (κ1) is 36.9. The number of carbonyl (C=O) groups is 5. The van der Waals surface area contributed by atoms with Gasteiger partial charge in [0.2, 0.25) is 11.8 Å². The Bertz CT molecular complexity index is 1570. The summed E-state index contributed by atoms with van der Waals surface area (Å²) in [5, 5.41) is 6.05. The number of methoxy groups -OCH3 is 3. The van der Waals surface area contributed by atoms with Gasteiger partial charge in [0.1, 0.15) is 41.3 Å². The van der Waals surface area contributed by atoms with Gasteiger partial charge in [-0.2, -0.15) is 0 Å². The lowest BCUT2D eigenvalue weighted by Gasteiger charge is -2.30. The molecule has 3 amide bonds. The Labute approximate surface area is 285 Å². The lowest BCUT2D eigenvalue weighted by atomic mass is 10.1. The van der Waals surface area contributed by atoms with Crippen molar-refractivity contribution in [2.75, 3.05) is 27.9 Å². The van der Waals surface area contributed by atoms with Crippen molar-refractivity contribution in [1.82, 2.24) is 20.5 Å². The lowest BCUT2D eigenvalue weighted by Crippen LogP contribution is -2.55. The highest BCUT2D eigenvalue weighted by molar-refractivity contribution is 5.95. The second kappa shape index (κ2) is 16.5. The minimum absolute atomic E-state index is 0.00415. The molecule has 0 spiro atoms. The second-order valence-electron chi connectivity index (χ2n) is 13.0. The summed E-state index contributed by atoms with van der Waals surface area (Å²) < 4.78 is 27.1. The minimum atomic E-state index is -1.06. The fraction of sp³-hybridized carbons (Fsp3) is 0.543. The van der Waals surface area contributed by atoms with Crippen molar-refractivity contribution in [2.45, 2.75) is 95.5 Å². The zero-order valence-electron chi connectivity index (χ0n) is 28.9. The van der Waals surface area contributed by atoms with Crippen molar-refractivity contribution in [3.63, 3.8) is 0 Å². The molecule has 1 saturated heterocycles. The predicted octanol–water partition coefficient (Wildman–Crippen LogP) is 3.84. The third kappa shape index (κ3) is 9.83. The standard InChI is InChI=1S/C35H46N4O10/c1-35(2,3)49-34(44)38-24-13-11-9-7-8-10-12-14-25(32(42)46-5)37-30(40)28-18-22(20-39(28)31(24)41)48-29-19-27(33(43)47-6)36-26-17-21(45-4)15-16-23(26)29/h10,12,15-17,19,22,24-25,28H,7-9,11,13-14,18,20H2,1-6H3,(H,37,40)(H,38,44)/b12-10-/t22-,24+,25+,28+/m1/s1. The molecule has 2 N–H and O–H groups in total. The summed E-state index contributed by atoms with van der Waals surface area (Å²) in [5.41, 5.74) is -0.387. The lowest BCUT2D eigenvalue weighted by molar-refractivity contribution is -0.146. The van der Waals surface area contributed by atoms with Gasteiger partial charge in [0.05, 0.1) is 33.4 Å². The molecule has 266 valence electrons. The summed E-state index contributed by atoms with van der Waals surface area (Å²) >= 11 is 0. The number of amides is 3. The van der Waals surface area contributed by atoms with E-state index in [2.05, 4.69) is 15.6 Å². The van der Waals surface area contributed by atoms with Gasteiger partial charge in [0.15, 0.2) is 5.69 Å². The quantitative estimate of drug-likeness (QED) is 0.258. The summed E-state index contributed by atoms with van der Waals surface area (Å²) in [6, 6.07) is 3.53. The molecule has 1 aromatic heterocycles. The Kier molecular flexibility index (Phi) is 12.4. The molecule has 0 bridgehead atoms. The first-order valence-corrected chi connectivity index (χ1v) is 16.4. The maximum atomic E-state index is 14.3. The van der Waals surface area contributed by atoms with E-state index in [1.165, 1.54) is 32.3 Å².